The molecule has 1 heteroatoms. The first-order valence-electron chi connectivity index (χ1n) is 6.89. The van der Waals surface area contributed by atoms with Crippen LogP contribution in [0.5, 0.6) is 0 Å². The maximum atomic E-state index is 2.39. The SMILES string of the molecule is CCCC1=[C]([Zr][C]2=C(CCC)C=CC2)CC=C1. The summed E-state index contributed by atoms with van der Waals surface area (Å²) < 4.78 is 3.70. The van der Waals surface area contributed by atoms with Crippen molar-refractivity contribution in [1.82, 2.24) is 0 Å². The van der Waals surface area contributed by atoms with Crippen LogP contribution >= 0.6 is 0 Å². The fourth-order valence-electron chi connectivity index (χ4n) is 2.55. The van der Waals surface area contributed by atoms with Crippen molar-refractivity contribution in [2.24, 2.45) is 0 Å². The van der Waals surface area contributed by atoms with Crippen molar-refractivity contribution >= 4 is 0 Å². The summed E-state index contributed by atoms with van der Waals surface area (Å²) in [6.07, 6.45) is 17.3. The van der Waals surface area contributed by atoms with E-state index < -0.39 is 23.2 Å². The molecule has 0 aromatic carbocycles. The van der Waals surface area contributed by atoms with E-state index in [9.17, 15) is 0 Å². The van der Waals surface area contributed by atoms with E-state index in [2.05, 4.69) is 38.2 Å². The Kier molecular flexibility index (Phi) is 5.23. The summed E-state index contributed by atoms with van der Waals surface area (Å²) in [5.41, 5.74) is 3.38. The van der Waals surface area contributed by atoms with Crippen molar-refractivity contribution in [1.29, 1.82) is 0 Å². The zero-order valence-corrected chi connectivity index (χ0v) is 13.5. The molecule has 0 nitrogen and oxygen atoms in total. The van der Waals surface area contributed by atoms with Gasteiger partial charge in [-0.05, 0) is 0 Å². The van der Waals surface area contributed by atoms with Crippen LogP contribution in [0, 0.1) is 0 Å². The third-order valence-electron chi connectivity index (χ3n) is 3.40. The monoisotopic (exact) mass is 304 g/mol. The molecule has 0 saturated carbocycles. The predicted octanol–water partition coefficient (Wildman–Crippen LogP) is 5.10. The molecule has 0 N–H and O–H groups in total. The first-order chi connectivity index (χ1) is 8.35. The molecule has 0 aromatic rings. The third-order valence-corrected chi connectivity index (χ3v) is 7.46. The molecule has 0 heterocycles. The van der Waals surface area contributed by atoms with Gasteiger partial charge in [0.25, 0.3) is 0 Å². The van der Waals surface area contributed by atoms with Gasteiger partial charge in [0.05, 0.1) is 0 Å². The first kappa shape index (κ1) is 13.3. The molecular formula is C16H22Zr. The molecule has 0 spiro atoms. The Morgan fingerprint density at radius 2 is 1.35 bits per heavy atom. The summed E-state index contributed by atoms with van der Waals surface area (Å²) in [4.78, 5) is 0. The van der Waals surface area contributed by atoms with Crippen LogP contribution in [0.2, 0.25) is 0 Å². The number of rotatable bonds is 6. The van der Waals surface area contributed by atoms with Crippen LogP contribution in [0.25, 0.3) is 0 Å². The van der Waals surface area contributed by atoms with Gasteiger partial charge in [-0.3, -0.25) is 0 Å². The molecule has 0 saturated heterocycles. The van der Waals surface area contributed by atoms with E-state index >= 15 is 0 Å². The molecule has 0 amide bonds. The second-order valence-electron chi connectivity index (χ2n) is 4.85. The van der Waals surface area contributed by atoms with Crippen LogP contribution in [0.1, 0.15) is 52.4 Å². The Hall–Kier alpha value is -0.157. The molecule has 0 fully saturated rings. The molecule has 0 aromatic heterocycles. The standard InChI is InChI=1S/2C8H11.Zr/c2*1-2-5-8-6-3-4-7-8;/h2*3,6H,2,4-5H2,1H3;. The summed E-state index contributed by atoms with van der Waals surface area (Å²) in [5, 5.41) is 0. The van der Waals surface area contributed by atoms with Gasteiger partial charge in [-0.2, -0.15) is 0 Å². The van der Waals surface area contributed by atoms with E-state index in [-0.39, 0.29) is 0 Å². The fraction of sp³-hybridized carbons (Fsp3) is 0.500. The molecule has 2 aliphatic carbocycles. The average molecular weight is 306 g/mol. The van der Waals surface area contributed by atoms with E-state index in [1.807, 2.05) is 6.56 Å². The van der Waals surface area contributed by atoms with E-state index in [4.69, 9.17) is 0 Å². The van der Waals surface area contributed by atoms with E-state index in [1.165, 1.54) is 38.5 Å². The van der Waals surface area contributed by atoms with E-state index in [0.29, 0.717) is 0 Å². The molecule has 2 aliphatic rings. The molecule has 17 heavy (non-hydrogen) atoms. The molecule has 0 bridgehead atoms. The van der Waals surface area contributed by atoms with Gasteiger partial charge in [0.15, 0.2) is 0 Å². The van der Waals surface area contributed by atoms with Gasteiger partial charge in [-0.15, -0.1) is 0 Å². The zero-order valence-electron chi connectivity index (χ0n) is 11.1. The van der Waals surface area contributed by atoms with Crippen LogP contribution in [0.15, 0.2) is 42.0 Å². The molecule has 0 atom stereocenters. The van der Waals surface area contributed by atoms with Crippen LogP contribution < -0.4 is 0 Å². The molecule has 90 valence electrons. The predicted molar refractivity (Wildman–Crippen MR) is 71.4 cm³/mol. The van der Waals surface area contributed by atoms with Crippen molar-refractivity contribution in [2.45, 2.75) is 52.4 Å². The number of hydrogen-bond acceptors (Lipinski definition) is 0. The average Bonchev–Trinajstić information content (AvgIpc) is 2.92. The molecular weight excluding hydrogens is 283 g/mol. The van der Waals surface area contributed by atoms with Gasteiger partial charge in [0, 0.05) is 0 Å². The quantitative estimate of drug-likeness (QED) is 0.640. The van der Waals surface area contributed by atoms with Crippen LogP contribution in [0.3, 0.4) is 0 Å². The van der Waals surface area contributed by atoms with Crippen molar-refractivity contribution in [3.05, 3.63) is 42.0 Å². The minimum absolute atomic E-state index is 0.443. The topological polar surface area (TPSA) is 0 Å². The Morgan fingerprint density at radius 1 is 0.882 bits per heavy atom. The van der Waals surface area contributed by atoms with Gasteiger partial charge in [-0.1, -0.05) is 0 Å². The summed E-state index contributed by atoms with van der Waals surface area (Å²) in [6, 6.07) is 0. The van der Waals surface area contributed by atoms with Crippen molar-refractivity contribution < 1.29 is 23.2 Å². The van der Waals surface area contributed by atoms with Crippen molar-refractivity contribution in [3.8, 4) is 0 Å². The fourth-order valence-corrected chi connectivity index (χ4v) is 6.34. The van der Waals surface area contributed by atoms with Crippen molar-refractivity contribution in [3.63, 3.8) is 0 Å². The molecule has 0 radical (unpaired) electrons. The normalized spacial score (nSPS) is 18.7. The Labute approximate surface area is 117 Å². The number of hydrogen-bond donors (Lipinski definition) is 0. The summed E-state index contributed by atoms with van der Waals surface area (Å²) in [6.45, 7) is 4.58. The van der Waals surface area contributed by atoms with Gasteiger partial charge in [0.2, 0.25) is 0 Å². The van der Waals surface area contributed by atoms with Crippen LogP contribution in [-0.2, 0) is 23.2 Å². The van der Waals surface area contributed by atoms with Gasteiger partial charge >= 0.3 is 118 Å². The second-order valence-corrected chi connectivity index (χ2v) is 8.43. The molecule has 2 rings (SSSR count). The summed E-state index contributed by atoms with van der Waals surface area (Å²) in [7, 11) is 0. The van der Waals surface area contributed by atoms with Crippen LogP contribution in [0.4, 0.5) is 0 Å². The van der Waals surface area contributed by atoms with Gasteiger partial charge < -0.3 is 0 Å². The number of allylic oxidation sites excluding steroid dienone is 8. The Balaban J connectivity index is 2.06. The summed E-state index contributed by atoms with van der Waals surface area (Å²) in [5.74, 6) is 0. The van der Waals surface area contributed by atoms with Crippen molar-refractivity contribution in [2.75, 3.05) is 0 Å². The summed E-state index contributed by atoms with van der Waals surface area (Å²) >= 11 is -0.443. The first-order valence-corrected chi connectivity index (χ1v) is 9.35. The Bertz CT molecular complexity index is 356. The third kappa shape index (κ3) is 3.41. The van der Waals surface area contributed by atoms with Gasteiger partial charge in [-0.25, -0.2) is 0 Å². The van der Waals surface area contributed by atoms with E-state index in [0.717, 1.165) is 0 Å². The minimum atomic E-state index is -0.443. The maximum absolute atomic E-state index is 2.39. The zero-order chi connectivity index (χ0) is 12.1. The molecule has 0 unspecified atom stereocenters. The van der Waals surface area contributed by atoms with Crippen LogP contribution in [-0.4, -0.2) is 0 Å². The van der Waals surface area contributed by atoms with E-state index in [1.54, 1.807) is 11.1 Å². The second kappa shape index (κ2) is 6.69. The molecule has 0 aliphatic heterocycles. The van der Waals surface area contributed by atoms with Gasteiger partial charge in [0.1, 0.15) is 0 Å². The Morgan fingerprint density at radius 3 is 1.76 bits per heavy atom.